The van der Waals surface area contributed by atoms with Crippen LogP contribution in [0.4, 0.5) is 0 Å². The van der Waals surface area contributed by atoms with Crippen molar-refractivity contribution in [2.45, 2.75) is 47.6 Å². The monoisotopic (exact) mass is 191 g/mol. The van der Waals surface area contributed by atoms with E-state index in [0.717, 1.165) is 13.2 Å². The van der Waals surface area contributed by atoms with Crippen LogP contribution in [0.1, 0.15) is 41.5 Å². The Balaban J connectivity index is -0.000000218. The summed E-state index contributed by atoms with van der Waals surface area (Å²) in [4.78, 5) is 2.13. The molecule has 0 aromatic heterocycles. The minimum Gasteiger partial charge on any atom is -0.377 e. The van der Waals surface area contributed by atoms with Crippen LogP contribution in [0.25, 0.3) is 0 Å². The molecule has 0 spiro atoms. The maximum atomic E-state index is 5.31. The number of nitrogens with zero attached hydrogens (tertiary/aromatic N) is 1. The molecule has 0 N–H and O–H groups in total. The van der Waals surface area contributed by atoms with Gasteiger partial charge in [-0.15, -0.1) is 0 Å². The predicted molar refractivity (Wildman–Crippen MR) is 62.3 cm³/mol. The second-order valence-corrected chi connectivity index (χ2v) is 2.53. The zero-order valence-electron chi connectivity index (χ0n) is 10.8. The van der Waals surface area contributed by atoms with Gasteiger partial charge in [-0.25, -0.2) is 0 Å². The van der Waals surface area contributed by atoms with E-state index in [9.17, 15) is 0 Å². The zero-order valence-corrected chi connectivity index (χ0v) is 10.8. The molecular weight excluding hydrogens is 162 g/mol. The highest BCUT2D eigenvalue weighted by atomic mass is 16.5. The largest absolute Gasteiger partial charge is 0.377 e. The van der Waals surface area contributed by atoms with Crippen molar-refractivity contribution < 1.29 is 4.74 Å². The molecule has 0 aliphatic carbocycles. The van der Waals surface area contributed by atoms with Gasteiger partial charge in [-0.2, -0.15) is 0 Å². The summed E-state index contributed by atoms with van der Waals surface area (Å²) in [6.45, 7) is 13.9. The van der Waals surface area contributed by atoms with Gasteiger partial charge in [0.15, 0.2) is 0 Å². The number of rotatable bonds is 4. The molecule has 0 aliphatic rings. The topological polar surface area (TPSA) is 12.5 Å². The lowest BCUT2D eigenvalue weighted by Crippen LogP contribution is -2.25. The molecular formula is C11H29NO. The minimum absolute atomic E-state index is 0.366. The van der Waals surface area contributed by atoms with Gasteiger partial charge in [-0.1, -0.05) is 27.7 Å². The molecule has 0 amide bonds. The van der Waals surface area contributed by atoms with Crippen molar-refractivity contribution in [2.75, 3.05) is 27.2 Å². The second kappa shape index (κ2) is 17.9. The summed E-state index contributed by atoms with van der Waals surface area (Å²) in [6, 6.07) is 0. The molecule has 0 rings (SSSR count). The summed E-state index contributed by atoms with van der Waals surface area (Å²) >= 11 is 0. The van der Waals surface area contributed by atoms with E-state index in [1.807, 2.05) is 34.6 Å². The average Bonchev–Trinajstić information content (AvgIpc) is 2.10. The minimum atomic E-state index is 0.366. The highest BCUT2D eigenvalue weighted by Gasteiger charge is 2.00. The van der Waals surface area contributed by atoms with Gasteiger partial charge in [-0.3, -0.25) is 0 Å². The Morgan fingerprint density at radius 1 is 1.08 bits per heavy atom. The summed E-state index contributed by atoms with van der Waals surface area (Å²) in [5.41, 5.74) is 0. The molecule has 2 heteroatoms. The second-order valence-electron chi connectivity index (χ2n) is 2.53. The Morgan fingerprint density at radius 3 is 1.69 bits per heavy atom. The van der Waals surface area contributed by atoms with Gasteiger partial charge in [0.2, 0.25) is 0 Å². The van der Waals surface area contributed by atoms with E-state index in [2.05, 4.69) is 25.9 Å². The first-order valence-electron chi connectivity index (χ1n) is 5.43. The van der Waals surface area contributed by atoms with Crippen LogP contribution in [0.15, 0.2) is 0 Å². The zero-order chi connectivity index (χ0) is 11.3. The van der Waals surface area contributed by atoms with Crippen LogP contribution >= 0.6 is 0 Å². The summed E-state index contributed by atoms with van der Waals surface area (Å²) in [5.74, 6) is 0. The van der Waals surface area contributed by atoms with E-state index < -0.39 is 0 Å². The maximum Gasteiger partial charge on any atom is 0.0673 e. The summed E-state index contributed by atoms with van der Waals surface area (Å²) in [6.07, 6.45) is 0.366. The van der Waals surface area contributed by atoms with E-state index in [1.54, 1.807) is 0 Å². The van der Waals surface area contributed by atoms with Gasteiger partial charge in [0.1, 0.15) is 0 Å². The van der Waals surface area contributed by atoms with Crippen LogP contribution in [-0.4, -0.2) is 38.3 Å². The van der Waals surface area contributed by atoms with E-state index in [1.165, 1.54) is 0 Å². The first kappa shape index (κ1) is 18.7. The summed E-state index contributed by atoms with van der Waals surface area (Å²) < 4.78 is 5.31. The van der Waals surface area contributed by atoms with Crippen molar-refractivity contribution in [3.63, 3.8) is 0 Å². The predicted octanol–water partition coefficient (Wildman–Crippen LogP) is 3.03. The molecule has 0 saturated carbocycles. The Bertz CT molecular complexity index is 65.1. The molecule has 0 fully saturated rings. The Kier molecular flexibility index (Phi) is 25.6. The Hall–Kier alpha value is -0.0800. The van der Waals surface area contributed by atoms with E-state index in [4.69, 9.17) is 4.74 Å². The quantitative estimate of drug-likeness (QED) is 0.677. The van der Waals surface area contributed by atoms with Gasteiger partial charge in [0.25, 0.3) is 0 Å². The van der Waals surface area contributed by atoms with Crippen molar-refractivity contribution >= 4 is 0 Å². The van der Waals surface area contributed by atoms with E-state index >= 15 is 0 Å². The molecule has 0 bridgehead atoms. The summed E-state index contributed by atoms with van der Waals surface area (Å²) in [7, 11) is 4.10. The first-order valence-corrected chi connectivity index (χ1v) is 5.43. The van der Waals surface area contributed by atoms with Gasteiger partial charge in [0, 0.05) is 13.2 Å². The molecule has 13 heavy (non-hydrogen) atoms. The molecule has 84 valence electrons. The van der Waals surface area contributed by atoms with Crippen molar-refractivity contribution in [3.8, 4) is 0 Å². The lowest BCUT2D eigenvalue weighted by molar-refractivity contribution is 0.0572. The Labute approximate surface area is 85.3 Å². The third kappa shape index (κ3) is 24.5. The van der Waals surface area contributed by atoms with Crippen LogP contribution in [-0.2, 0) is 4.74 Å². The first-order chi connectivity index (χ1) is 6.16. The fraction of sp³-hybridized carbons (Fsp3) is 1.00. The van der Waals surface area contributed by atoms with Crippen molar-refractivity contribution in [2.24, 2.45) is 0 Å². The average molecular weight is 191 g/mol. The normalized spacial score (nSPS) is 10.8. The van der Waals surface area contributed by atoms with Crippen molar-refractivity contribution in [1.29, 1.82) is 0 Å². The SMILES string of the molecule is CC.CC.CCOC(C)CN(C)C. The lowest BCUT2D eigenvalue weighted by atomic mass is 10.4. The van der Waals surface area contributed by atoms with Crippen LogP contribution in [0, 0.1) is 0 Å². The third-order valence-corrected chi connectivity index (χ3v) is 1.07. The number of hydrogen-bond donors (Lipinski definition) is 0. The van der Waals surface area contributed by atoms with Gasteiger partial charge in [-0.05, 0) is 27.9 Å². The fourth-order valence-electron chi connectivity index (χ4n) is 0.851. The number of likely N-dealkylation sites (N-methyl/N-ethyl adjacent to an activating group) is 1. The van der Waals surface area contributed by atoms with Crippen molar-refractivity contribution in [1.82, 2.24) is 4.90 Å². The van der Waals surface area contributed by atoms with Crippen molar-refractivity contribution in [3.05, 3.63) is 0 Å². The molecule has 0 heterocycles. The molecule has 0 saturated heterocycles. The fourth-order valence-corrected chi connectivity index (χ4v) is 0.851. The highest BCUT2D eigenvalue weighted by molar-refractivity contribution is 4.52. The Morgan fingerprint density at radius 2 is 1.46 bits per heavy atom. The van der Waals surface area contributed by atoms with Gasteiger partial charge >= 0.3 is 0 Å². The number of hydrogen-bond acceptors (Lipinski definition) is 2. The number of ether oxygens (including phenoxy) is 1. The smallest absolute Gasteiger partial charge is 0.0673 e. The summed E-state index contributed by atoms with van der Waals surface area (Å²) in [5, 5.41) is 0. The van der Waals surface area contributed by atoms with Crippen LogP contribution in [0.2, 0.25) is 0 Å². The molecule has 2 nitrogen and oxygen atoms in total. The standard InChI is InChI=1S/C7H17NO.2C2H6/c1-5-9-7(2)6-8(3)4;2*1-2/h7H,5-6H2,1-4H3;2*1-2H3. The lowest BCUT2D eigenvalue weighted by Gasteiger charge is -2.16. The molecule has 1 unspecified atom stereocenters. The molecule has 0 aromatic carbocycles. The van der Waals surface area contributed by atoms with Crippen LogP contribution < -0.4 is 0 Å². The molecule has 0 aromatic rings. The molecule has 0 aliphatic heterocycles. The molecule has 1 atom stereocenters. The van der Waals surface area contributed by atoms with Crippen LogP contribution in [0.3, 0.4) is 0 Å². The maximum absolute atomic E-state index is 5.31. The molecule has 0 radical (unpaired) electrons. The third-order valence-electron chi connectivity index (χ3n) is 1.07. The van der Waals surface area contributed by atoms with E-state index in [-0.39, 0.29) is 0 Å². The van der Waals surface area contributed by atoms with Gasteiger partial charge in [0.05, 0.1) is 6.10 Å². The highest BCUT2D eigenvalue weighted by Crippen LogP contribution is 1.90. The van der Waals surface area contributed by atoms with Crippen LogP contribution in [0.5, 0.6) is 0 Å². The van der Waals surface area contributed by atoms with Gasteiger partial charge < -0.3 is 9.64 Å². The van der Waals surface area contributed by atoms with E-state index in [0.29, 0.717) is 6.10 Å².